The van der Waals surface area contributed by atoms with E-state index in [9.17, 15) is 9.59 Å². The van der Waals surface area contributed by atoms with Crippen LogP contribution in [0, 0.1) is 0 Å². The molecule has 5 heteroatoms. The van der Waals surface area contributed by atoms with Crippen molar-refractivity contribution in [3.05, 3.63) is 0 Å². The maximum atomic E-state index is 12.0. The zero-order valence-electron chi connectivity index (χ0n) is 9.62. The number of rotatable bonds is 2. The first-order valence-electron chi connectivity index (χ1n) is 5.45. The van der Waals surface area contributed by atoms with Crippen LogP contribution in [0.2, 0.25) is 0 Å². The van der Waals surface area contributed by atoms with Gasteiger partial charge in [0.05, 0.1) is 0 Å². The van der Waals surface area contributed by atoms with Crippen LogP contribution in [-0.2, 0) is 4.79 Å². The molecule has 1 N–H and O–H groups in total. The van der Waals surface area contributed by atoms with Crippen LogP contribution in [0.25, 0.3) is 0 Å². The molecule has 1 fully saturated rings. The molecule has 15 heavy (non-hydrogen) atoms. The smallest absolute Gasteiger partial charge is 0.320 e. The van der Waals surface area contributed by atoms with Crippen molar-refractivity contribution in [2.24, 2.45) is 0 Å². The van der Waals surface area contributed by atoms with Crippen LogP contribution in [0.15, 0.2) is 0 Å². The molecule has 0 aromatic carbocycles. The molecule has 0 bridgehead atoms. The highest BCUT2D eigenvalue weighted by atomic mass is 16.2. The van der Waals surface area contributed by atoms with E-state index in [0.29, 0.717) is 26.2 Å². The first kappa shape index (κ1) is 11.8. The lowest BCUT2D eigenvalue weighted by atomic mass is 10.2. The normalized spacial score (nSPS) is 21.1. The summed E-state index contributed by atoms with van der Waals surface area (Å²) in [6, 6.07) is -0.394. The zero-order valence-corrected chi connectivity index (χ0v) is 9.62. The summed E-state index contributed by atoms with van der Waals surface area (Å²) in [7, 11) is 0. The number of hydrogen-bond donors (Lipinski definition) is 1. The Bertz CT molecular complexity index is 251. The molecule has 0 saturated carbocycles. The van der Waals surface area contributed by atoms with E-state index < -0.39 is 0 Å². The van der Waals surface area contributed by atoms with Crippen LogP contribution in [0.5, 0.6) is 0 Å². The summed E-state index contributed by atoms with van der Waals surface area (Å²) in [4.78, 5) is 26.7. The van der Waals surface area contributed by atoms with Crippen LogP contribution in [0.1, 0.15) is 20.8 Å². The molecule has 86 valence electrons. The summed E-state index contributed by atoms with van der Waals surface area (Å²) in [5.74, 6) is -0.0678. The number of nitrogens with zero attached hydrogens (tertiary/aromatic N) is 2. The lowest BCUT2D eigenvalue weighted by Gasteiger charge is -2.36. The molecule has 1 heterocycles. The van der Waals surface area contributed by atoms with Gasteiger partial charge in [-0.25, -0.2) is 4.79 Å². The van der Waals surface area contributed by atoms with Crippen molar-refractivity contribution in [3.8, 4) is 0 Å². The number of carbonyl (C=O) groups is 2. The van der Waals surface area contributed by atoms with Crippen molar-refractivity contribution in [1.29, 1.82) is 0 Å². The van der Waals surface area contributed by atoms with E-state index in [1.165, 1.54) is 0 Å². The van der Waals surface area contributed by atoms with E-state index in [2.05, 4.69) is 5.32 Å². The van der Waals surface area contributed by atoms with Gasteiger partial charge in [-0.3, -0.25) is 4.79 Å². The topological polar surface area (TPSA) is 52.7 Å². The summed E-state index contributed by atoms with van der Waals surface area (Å²) in [5, 5.41) is 2.74. The molecular weight excluding hydrogens is 194 g/mol. The van der Waals surface area contributed by atoms with Gasteiger partial charge in [0.2, 0.25) is 5.91 Å². The summed E-state index contributed by atoms with van der Waals surface area (Å²) in [5.41, 5.74) is 0. The Balaban J connectivity index is 2.69. The van der Waals surface area contributed by atoms with Gasteiger partial charge in [-0.05, 0) is 20.8 Å². The van der Waals surface area contributed by atoms with Gasteiger partial charge in [-0.1, -0.05) is 0 Å². The summed E-state index contributed by atoms with van der Waals surface area (Å²) >= 11 is 0. The van der Waals surface area contributed by atoms with Crippen LogP contribution in [0.4, 0.5) is 4.79 Å². The molecule has 1 unspecified atom stereocenters. The Morgan fingerprint density at radius 3 is 2.67 bits per heavy atom. The number of nitrogens with one attached hydrogen (secondary N) is 1. The average Bonchev–Trinajstić information content (AvgIpc) is 2.23. The predicted molar refractivity (Wildman–Crippen MR) is 57.5 cm³/mol. The summed E-state index contributed by atoms with van der Waals surface area (Å²) in [6.45, 7) is 8.15. The van der Waals surface area contributed by atoms with E-state index in [0.717, 1.165) is 0 Å². The Kier molecular flexibility index (Phi) is 3.94. The molecule has 0 aliphatic carbocycles. The summed E-state index contributed by atoms with van der Waals surface area (Å²) in [6.07, 6.45) is 0. The van der Waals surface area contributed by atoms with Gasteiger partial charge >= 0.3 is 6.03 Å². The first-order valence-corrected chi connectivity index (χ1v) is 5.45. The summed E-state index contributed by atoms with van der Waals surface area (Å²) < 4.78 is 0. The van der Waals surface area contributed by atoms with E-state index in [4.69, 9.17) is 0 Å². The third-order valence-electron chi connectivity index (χ3n) is 2.78. The predicted octanol–water partition coefficient (Wildman–Crippen LogP) is 0.269. The number of urea groups is 1. The minimum Gasteiger partial charge on any atom is -0.353 e. The molecule has 0 spiro atoms. The highest BCUT2D eigenvalue weighted by Crippen LogP contribution is 2.07. The van der Waals surface area contributed by atoms with E-state index in [1.807, 2.05) is 13.8 Å². The maximum Gasteiger partial charge on any atom is 0.320 e. The highest BCUT2D eigenvalue weighted by Gasteiger charge is 2.30. The fraction of sp³-hybridized carbons (Fsp3) is 0.800. The molecule has 1 saturated heterocycles. The second-order valence-electron chi connectivity index (χ2n) is 3.62. The molecule has 1 rings (SSSR count). The molecule has 1 atom stereocenters. The Morgan fingerprint density at radius 1 is 1.53 bits per heavy atom. The van der Waals surface area contributed by atoms with Gasteiger partial charge in [-0.15, -0.1) is 0 Å². The van der Waals surface area contributed by atoms with Crippen LogP contribution < -0.4 is 5.32 Å². The van der Waals surface area contributed by atoms with Gasteiger partial charge in [0.1, 0.15) is 6.04 Å². The maximum absolute atomic E-state index is 12.0. The van der Waals surface area contributed by atoms with Crippen LogP contribution >= 0.6 is 0 Å². The molecule has 0 aromatic heterocycles. The van der Waals surface area contributed by atoms with Crippen LogP contribution in [0.3, 0.4) is 0 Å². The molecule has 5 nitrogen and oxygen atoms in total. The van der Waals surface area contributed by atoms with Gasteiger partial charge in [-0.2, -0.15) is 0 Å². The van der Waals surface area contributed by atoms with E-state index >= 15 is 0 Å². The van der Waals surface area contributed by atoms with Crippen molar-refractivity contribution in [2.45, 2.75) is 26.8 Å². The minimum atomic E-state index is -0.355. The molecule has 1 aliphatic heterocycles. The lowest BCUT2D eigenvalue weighted by molar-refractivity contribution is -0.127. The fourth-order valence-electron chi connectivity index (χ4n) is 1.72. The van der Waals surface area contributed by atoms with Crippen LogP contribution in [-0.4, -0.2) is 54.0 Å². The highest BCUT2D eigenvalue weighted by molar-refractivity contribution is 5.87. The number of hydrogen-bond acceptors (Lipinski definition) is 2. The first-order chi connectivity index (χ1) is 7.11. The van der Waals surface area contributed by atoms with Crippen molar-refractivity contribution in [2.75, 3.05) is 26.2 Å². The Hall–Kier alpha value is -1.26. The van der Waals surface area contributed by atoms with Gasteiger partial charge in [0.25, 0.3) is 0 Å². The van der Waals surface area contributed by atoms with Gasteiger partial charge < -0.3 is 15.1 Å². The van der Waals surface area contributed by atoms with Crippen molar-refractivity contribution < 1.29 is 9.59 Å². The lowest BCUT2D eigenvalue weighted by Crippen LogP contribution is -2.58. The number of amides is 3. The average molecular weight is 213 g/mol. The second-order valence-corrected chi connectivity index (χ2v) is 3.62. The Labute approximate surface area is 90.4 Å². The molecule has 0 aromatic rings. The number of carbonyl (C=O) groups excluding carboxylic acids is 2. The Morgan fingerprint density at radius 2 is 2.13 bits per heavy atom. The van der Waals surface area contributed by atoms with E-state index in [1.54, 1.807) is 16.7 Å². The van der Waals surface area contributed by atoms with Crippen molar-refractivity contribution in [3.63, 3.8) is 0 Å². The van der Waals surface area contributed by atoms with Crippen molar-refractivity contribution in [1.82, 2.24) is 15.1 Å². The van der Waals surface area contributed by atoms with Crippen molar-refractivity contribution >= 4 is 11.9 Å². The molecule has 1 aliphatic rings. The quantitative estimate of drug-likeness (QED) is 0.715. The molecule has 0 radical (unpaired) electrons. The standard InChI is InChI=1S/C10H19N3O2/c1-4-12(5-2)10(15)13-7-6-11-9(14)8(13)3/h8H,4-7H2,1-3H3,(H,11,14). The minimum absolute atomic E-state index is 0.0395. The molecular formula is C10H19N3O2. The SMILES string of the molecule is CCN(CC)C(=O)N1CCNC(=O)C1C. The zero-order chi connectivity index (χ0) is 11.4. The second kappa shape index (κ2) is 5.00. The van der Waals surface area contributed by atoms with E-state index in [-0.39, 0.29) is 18.0 Å². The van der Waals surface area contributed by atoms with Gasteiger partial charge in [0, 0.05) is 26.2 Å². The third-order valence-corrected chi connectivity index (χ3v) is 2.78. The van der Waals surface area contributed by atoms with Gasteiger partial charge in [0.15, 0.2) is 0 Å². The fourth-order valence-corrected chi connectivity index (χ4v) is 1.72. The third kappa shape index (κ3) is 2.40. The number of piperazine rings is 1. The largest absolute Gasteiger partial charge is 0.353 e. The molecule has 3 amide bonds. The monoisotopic (exact) mass is 213 g/mol.